The SMILES string of the molecule is CCCCCCC/C=C\C/C=C\CCCCCCCCOS(C)(=O)=O. The summed E-state index contributed by atoms with van der Waals surface area (Å²) in [5.41, 5.74) is 0. The standard InChI is InChI=1S/C21H40O3S/c1-3-4-5-6-7-8-9-10-11-12-13-14-15-16-17-18-19-20-21-24-25(2,22)23/h9-10,12-13H,3-8,11,14-21H2,1-2H3/b10-9-,13-12-. The van der Waals surface area contributed by atoms with Crippen LogP contribution in [0, 0.1) is 0 Å². The molecule has 0 aliphatic rings. The summed E-state index contributed by atoms with van der Waals surface area (Å²) < 4.78 is 26.3. The molecule has 0 saturated heterocycles. The van der Waals surface area contributed by atoms with Crippen LogP contribution in [-0.2, 0) is 14.3 Å². The Bertz CT molecular complexity index is 424. The summed E-state index contributed by atoms with van der Waals surface area (Å²) in [7, 11) is -3.26. The van der Waals surface area contributed by atoms with Gasteiger partial charge in [-0.3, -0.25) is 4.18 Å². The second-order valence-electron chi connectivity index (χ2n) is 6.82. The fraction of sp³-hybridized carbons (Fsp3) is 0.810. The first-order valence-corrected chi connectivity index (χ1v) is 12.0. The lowest BCUT2D eigenvalue weighted by molar-refractivity contribution is 0.309. The Labute approximate surface area is 157 Å². The highest BCUT2D eigenvalue weighted by Crippen LogP contribution is 2.09. The molecule has 0 aromatic rings. The van der Waals surface area contributed by atoms with E-state index >= 15 is 0 Å². The third-order valence-corrected chi connectivity index (χ3v) is 4.74. The van der Waals surface area contributed by atoms with Gasteiger partial charge < -0.3 is 0 Å². The molecule has 25 heavy (non-hydrogen) atoms. The minimum Gasteiger partial charge on any atom is -0.270 e. The largest absolute Gasteiger partial charge is 0.270 e. The van der Waals surface area contributed by atoms with Crippen molar-refractivity contribution < 1.29 is 12.6 Å². The Kier molecular flexibility index (Phi) is 17.7. The Balaban J connectivity index is 3.22. The molecule has 0 aliphatic carbocycles. The van der Waals surface area contributed by atoms with Crippen molar-refractivity contribution in [1.29, 1.82) is 0 Å². The van der Waals surface area contributed by atoms with Crippen molar-refractivity contribution in [3.05, 3.63) is 24.3 Å². The maximum atomic E-state index is 10.8. The molecule has 0 amide bonds. The van der Waals surface area contributed by atoms with E-state index in [1.807, 2.05) is 0 Å². The quantitative estimate of drug-likeness (QED) is 0.155. The number of rotatable bonds is 18. The monoisotopic (exact) mass is 372 g/mol. The summed E-state index contributed by atoms with van der Waals surface area (Å²) in [6.07, 6.45) is 27.3. The van der Waals surface area contributed by atoms with E-state index in [0.29, 0.717) is 6.61 Å². The zero-order valence-electron chi connectivity index (χ0n) is 16.5. The molecule has 0 aromatic carbocycles. The zero-order valence-corrected chi connectivity index (χ0v) is 17.4. The molecule has 0 rings (SSSR count). The molecule has 0 atom stereocenters. The number of hydrogen-bond donors (Lipinski definition) is 0. The van der Waals surface area contributed by atoms with E-state index in [0.717, 1.165) is 31.9 Å². The average Bonchev–Trinajstić information content (AvgIpc) is 2.56. The van der Waals surface area contributed by atoms with E-state index in [4.69, 9.17) is 4.18 Å². The van der Waals surface area contributed by atoms with Gasteiger partial charge in [-0.1, -0.05) is 82.6 Å². The molecule has 0 radical (unpaired) electrons. The smallest absolute Gasteiger partial charge is 0.264 e. The fourth-order valence-electron chi connectivity index (χ4n) is 2.65. The van der Waals surface area contributed by atoms with Gasteiger partial charge in [-0.15, -0.1) is 0 Å². The van der Waals surface area contributed by atoms with Crippen molar-refractivity contribution >= 4 is 10.1 Å². The van der Waals surface area contributed by atoms with E-state index in [1.54, 1.807) is 0 Å². The Hall–Kier alpha value is -0.610. The maximum Gasteiger partial charge on any atom is 0.264 e. The van der Waals surface area contributed by atoms with Crippen molar-refractivity contribution in [2.24, 2.45) is 0 Å². The number of unbranched alkanes of at least 4 members (excludes halogenated alkanes) is 11. The van der Waals surface area contributed by atoms with Crippen LogP contribution < -0.4 is 0 Å². The molecule has 0 fully saturated rings. The Morgan fingerprint density at radius 1 is 0.680 bits per heavy atom. The third-order valence-electron chi connectivity index (χ3n) is 4.14. The van der Waals surface area contributed by atoms with Crippen LogP contribution in [0.3, 0.4) is 0 Å². The first-order valence-electron chi connectivity index (χ1n) is 10.2. The van der Waals surface area contributed by atoms with Gasteiger partial charge in [-0.25, -0.2) is 0 Å². The predicted octanol–water partition coefficient (Wildman–Crippen LogP) is 6.56. The molecule has 0 heterocycles. The minimum atomic E-state index is -3.26. The summed E-state index contributed by atoms with van der Waals surface area (Å²) in [6, 6.07) is 0. The van der Waals surface area contributed by atoms with Crippen LogP contribution in [-0.4, -0.2) is 21.3 Å². The number of allylic oxidation sites excluding steroid dienone is 4. The normalized spacial score (nSPS) is 12.6. The van der Waals surface area contributed by atoms with Crippen LogP contribution >= 0.6 is 0 Å². The number of hydrogen-bond acceptors (Lipinski definition) is 3. The zero-order chi connectivity index (χ0) is 18.6. The van der Waals surface area contributed by atoms with Crippen molar-refractivity contribution in [2.45, 2.75) is 96.8 Å². The molecule has 3 nitrogen and oxygen atoms in total. The maximum absolute atomic E-state index is 10.8. The summed E-state index contributed by atoms with van der Waals surface area (Å²) in [5.74, 6) is 0. The van der Waals surface area contributed by atoms with Crippen LogP contribution in [0.1, 0.15) is 96.8 Å². The highest BCUT2D eigenvalue weighted by molar-refractivity contribution is 7.85. The summed E-state index contributed by atoms with van der Waals surface area (Å²) in [4.78, 5) is 0. The summed E-state index contributed by atoms with van der Waals surface area (Å²) in [6.45, 7) is 2.58. The molecule has 0 saturated carbocycles. The van der Waals surface area contributed by atoms with E-state index in [2.05, 4.69) is 31.2 Å². The van der Waals surface area contributed by atoms with Crippen LogP contribution in [0.15, 0.2) is 24.3 Å². The molecule has 0 aliphatic heterocycles. The molecule has 0 spiro atoms. The average molecular weight is 373 g/mol. The first kappa shape index (κ1) is 24.4. The molecule has 4 heteroatoms. The summed E-state index contributed by atoms with van der Waals surface area (Å²) in [5, 5.41) is 0. The van der Waals surface area contributed by atoms with Crippen molar-refractivity contribution in [3.63, 3.8) is 0 Å². The highest BCUT2D eigenvalue weighted by atomic mass is 32.2. The lowest BCUT2D eigenvalue weighted by Crippen LogP contribution is -2.03. The van der Waals surface area contributed by atoms with Gasteiger partial charge >= 0.3 is 0 Å². The highest BCUT2D eigenvalue weighted by Gasteiger charge is 2.00. The van der Waals surface area contributed by atoms with Gasteiger partial charge in [0.2, 0.25) is 0 Å². The van der Waals surface area contributed by atoms with E-state index in [9.17, 15) is 8.42 Å². The summed E-state index contributed by atoms with van der Waals surface area (Å²) >= 11 is 0. The second-order valence-corrected chi connectivity index (χ2v) is 8.46. The topological polar surface area (TPSA) is 43.4 Å². The van der Waals surface area contributed by atoms with Crippen LogP contribution in [0.25, 0.3) is 0 Å². The van der Waals surface area contributed by atoms with Gasteiger partial charge in [0.15, 0.2) is 0 Å². The van der Waals surface area contributed by atoms with Crippen LogP contribution in [0.5, 0.6) is 0 Å². The van der Waals surface area contributed by atoms with E-state index < -0.39 is 10.1 Å². The van der Waals surface area contributed by atoms with Gasteiger partial charge in [0.1, 0.15) is 0 Å². The van der Waals surface area contributed by atoms with Gasteiger partial charge in [0, 0.05) is 0 Å². The Morgan fingerprint density at radius 2 is 1.16 bits per heavy atom. The molecule has 0 N–H and O–H groups in total. The van der Waals surface area contributed by atoms with Crippen molar-refractivity contribution in [3.8, 4) is 0 Å². The first-order chi connectivity index (χ1) is 12.1. The van der Waals surface area contributed by atoms with Gasteiger partial charge in [0.25, 0.3) is 10.1 Å². The lowest BCUT2D eigenvalue weighted by Gasteiger charge is -2.01. The van der Waals surface area contributed by atoms with Gasteiger partial charge in [0.05, 0.1) is 12.9 Å². The van der Waals surface area contributed by atoms with Crippen molar-refractivity contribution in [1.82, 2.24) is 0 Å². The third kappa shape index (κ3) is 23.4. The Morgan fingerprint density at radius 3 is 1.68 bits per heavy atom. The molecule has 148 valence electrons. The van der Waals surface area contributed by atoms with Crippen LogP contribution in [0.4, 0.5) is 0 Å². The molecular formula is C21H40O3S. The molecule has 0 aromatic heterocycles. The molecule has 0 bridgehead atoms. The minimum absolute atomic E-state index is 0.327. The fourth-order valence-corrected chi connectivity index (χ4v) is 3.07. The van der Waals surface area contributed by atoms with E-state index in [1.165, 1.54) is 64.2 Å². The van der Waals surface area contributed by atoms with Gasteiger partial charge in [-0.2, -0.15) is 8.42 Å². The van der Waals surface area contributed by atoms with E-state index in [-0.39, 0.29) is 0 Å². The molecular weight excluding hydrogens is 332 g/mol. The molecule has 0 unspecified atom stereocenters. The second kappa shape index (κ2) is 18.2. The van der Waals surface area contributed by atoms with Crippen LogP contribution in [0.2, 0.25) is 0 Å². The predicted molar refractivity (Wildman–Crippen MR) is 109 cm³/mol. The van der Waals surface area contributed by atoms with Gasteiger partial charge in [-0.05, 0) is 38.5 Å². The van der Waals surface area contributed by atoms with Crippen molar-refractivity contribution in [2.75, 3.05) is 12.9 Å². The lowest BCUT2D eigenvalue weighted by atomic mass is 10.1.